The van der Waals surface area contributed by atoms with Gasteiger partial charge in [-0.1, -0.05) is 13.8 Å². The molecule has 0 spiro atoms. The average molecular weight is 284 g/mol. The van der Waals surface area contributed by atoms with Gasteiger partial charge in [0, 0.05) is 0 Å². The maximum atomic E-state index is 12.3. The fourth-order valence-corrected chi connectivity index (χ4v) is 0.930. The van der Waals surface area contributed by atoms with Crippen molar-refractivity contribution in [3.8, 4) is 0 Å². The predicted octanol–water partition coefficient (Wildman–Crippen LogP) is 2.85. The molecule has 0 aliphatic rings. The Bertz CT molecular complexity index is 336. The molecule has 0 saturated carbocycles. The summed E-state index contributed by atoms with van der Waals surface area (Å²) in [5, 5.41) is 0. The average Bonchev–Trinajstić information content (AvgIpc) is 2.25. The van der Waals surface area contributed by atoms with Gasteiger partial charge in [-0.25, -0.2) is 4.79 Å². The van der Waals surface area contributed by atoms with E-state index in [9.17, 15) is 22.8 Å². The van der Waals surface area contributed by atoms with Gasteiger partial charge in [0.05, 0.1) is 5.92 Å². The zero-order valence-electron chi connectivity index (χ0n) is 11.6. The molecule has 7 heteroatoms. The van der Waals surface area contributed by atoms with Gasteiger partial charge in [-0.15, -0.1) is 0 Å². The van der Waals surface area contributed by atoms with E-state index >= 15 is 0 Å². The van der Waals surface area contributed by atoms with Crippen molar-refractivity contribution < 1.29 is 32.2 Å². The summed E-state index contributed by atoms with van der Waals surface area (Å²) in [6.45, 7) is 6.45. The topological polar surface area (TPSA) is 52.6 Å². The molecule has 0 amide bonds. The van der Waals surface area contributed by atoms with Crippen molar-refractivity contribution in [1.29, 1.82) is 0 Å². The van der Waals surface area contributed by atoms with Crippen LogP contribution in [0.2, 0.25) is 0 Å². The second-order valence-corrected chi connectivity index (χ2v) is 4.83. The quantitative estimate of drug-likeness (QED) is 0.728. The number of carbonyl (C=O) groups excluding carboxylic acids is 2. The molecular formula is C12H19F3O4. The van der Waals surface area contributed by atoms with Gasteiger partial charge < -0.3 is 9.47 Å². The summed E-state index contributed by atoms with van der Waals surface area (Å²) in [7, 11) is 0. The van der Waals surface area contributed by atoms with Crippen LogP contribution in [0.15, 0.2) is 0 Å². The molecule has 19 heavy (non-hydrogen) atoms. The zero-order valence-corrected chi connectivity index (χ0v) is 11.6. The van der Waals surface area contributed by atoms with Gasteiger partial charge in [-0.2, -0.15) is 13.2 Å². The van der Waals surface area contributed by atoms with Crippen molar-refractivity contribution in [2.45, 2.75) is 58.9 Å². The molecule has 0 aliphatic heterocycles. The van der Waals surface area contributed by atoms with Crippen LogP contribution < -0.4 is 0 Å². The highest BCUT2D eigenvalue weighted by atomic mass is 19.4. The minimum Gasteiger partial charge on any atom is -0.450 e. The van der Waals surface area contributed by atoms with Crippen molar-refractivity contribution in [1.82, 2.24) is 0 Å². The highest BCUT2D eigenvalue weighted by Gasteiger charge is 2.43. The van der Waals surface area contributed by atoms with Crippen LogP contribution in [0.5, 0.6) is 0 Å². The Balaban J connectivity index is 4.65. The molecule has 0 saturated heterocycles. The van der Waals surface area contributed by atoms with Crippen molar-refractivity contribution in [3.05, 3.63) is 0 Å². The number of rotatable bonds is 5. The van der Waals surface area contributed by atoms with E-state index in [1.807, 2.05) is 0 Å². The zero-order chi connectivity index (χ0) is 15.4. The second-order valence-electron chi connectivity index (χ2n) is 4.83. The monoisotopic (exact) mass is 284 g/mol. The van der Waals surface area contributed by atoms with Crippen LogP contribution >= 0.6 is 0 Å². The first kappa shape index (κ1) is 17.7. The van der Waals surface area contributed by atoms with E-state index in [2.05, 4.69) is 4.74 Å². The molecule has 0 fully saturated rings. The molecule has 0 rings (SSSR count). The Morgan fingerprint density at radius 3 is 2.00 bits per heavy atom. The van der Waals surface area contributed by atoms with E-state index in [0.717, 1.165) is 0 Å². The predicted molar refractivity (Wildman–Crippen MR) is 61.2 cm³/mol. The summed E-state index contributed by atoms with van der Waals surface area (Å²) in [6, 6.07) is 0. The van der Waals surface area contributed by atoms with Crippen LogP contribution in [0.4, 0.5) is 13.2 Å². The summed E-state index contributed by atoms with van der Waals surface area (Å²) in [5.41, 5.74) is -1.75. The van der Waals surface area contributed by atoms with Gasteiger partial charge in [0.2, 0.25) is 5.60 Å². The molecule has 0 N–H and O–H groups in total. The maximum absolute atomic E-state index is 12.3. The third-order valence-electron chi connectivity index (χ3n) is 2.61. The molecule has 2 unspecified atom stereocenters. The van der Waals surface area contributed by atoms with Crippen molar-refractivity contribution in [3.63, 3.8) is 0 Å². The van der Waals surface area contributed by atoms with Crippen LogP contribution in [-0.2, 0) is 19.1 Å². The summed E-state index contributed by atoms with van der Waals surface area (Å²) >= 11 is 0. The molecule has 0 aromatic rings. The van der Waals surface area contributed by atoms with Crippen LogP contribution in [0, 0.1) is 5.92 Å². The van der Waals surface area contributed by atoms with E-state index in [4.69, 9.17) is 4.74 Å². The third-order valence-corrected chi connectivity index (χ3v) is 2.61. The SMILES string of the molecule is CCC(C)C(=O)OC(C)(C)C(=O)OC(C)C(F)(F)F. The van der Waals surface area contributed by atoms with E-state index in [0.29, 0.717) is 13.3 Å². The van der Waals surface area contributed by atoms with Crippen molar-refractivity contribution >= 4 is 11.9 Å². The Labute approximate surface area is 110 Å². The van der Waals surface area contributed by atoms with Crippen LogP contribution in [0.3, 0.4) is 0 Å². The Morgan fingerprint density at radius 1 is 1.16 bits per heavy atom. The molecule has 2 atom stereocenters. The highest BCUT2D eigenvalue weighted by molar-refractivity contribution is 5.83. The molecular weight excluding hydrogens is 265 g/mol. The lowest BCUT2D eigenvalue weighted by Crippen LogP contribution is -2.43. The number of ether oxygens (including phenoxy) is 2. The number of alkyl halides is 3. The molecule has 0 aliphatic carbocycles. The van der Waals surface area contributed by atoms with Crippen LogP contribution in [-0.4, -0.2) is 29.8 Å². The van der Waals surface area contributed by atoms with Gasteiger partial charge >= 0.3 is 18.1 Å². The molecule has 0 bridgehead atoms. The number of carbonyl (C=O) groups is 2. The van der Waals surface area contributed by atoms with Gasteiger partial charge in [-0.05, 0) is 27.2 Å². The van der Waals surface area contributed by atoms with Crippen molar-refractivity contribution in [2.75, 3.05) is 0 Å². The summed E-state index contributed by atoms with van der Waals surface area (Å²) in [4.78, 5) is 23.1. The third kappa shape index (κ3) is 5.48. The van der Waals surface area contributed by atoms with E-state index in [1.54, 1.807) is 13.8 Å². The smallest absolute Gasteiger partial charge is 0.425 e. The standard InChI is InChI=1S/C12H19F3O4/c1-6-7(2)9(16)19-11(4,5)10(17)18-8(3)12(13,14)15/h7-8H,6H2,1-5H3. The Hall–Kier alpha value is -1.27. The van der Waals surface area contributed by atoms with E-state index in [1.165, 1.54) is 13.8 Å². The summed E-state index contributed by atoms with van der Waals surface area (Å²) in [5.74, 6) is -2.31. The first-order valence-corrected chi connectivity index (χ1v) is 5.92. The molecule has 0 aromatic heterocycles. The summed E-state index contributed by atoms with van der Waals surface area (Å²) < 4.78 is 45.9. The molecule has 4 nitrogen and oxygen atoms in total. The number of halogens is 3. The fourth-order valence-electron chi connectivity index (χ4n) is 0.930. The molecule has 112 valence electrons. The second kappa shape index (κ2) is 6.25. The first-order valence-electron chi connectivity index (χ1n) is 5.92. The van der Waals surface area contributed by atoms with E-state index in [-0.39, 0.29) is 0 Å². The Morgan fingerprint density at radius 2 is 1.63 bits per heavy atom. The number of esters is 2. The fraction of sp³-hybridized carbons (Fsp3) is 0.833. The normalized spacial score (nSPS) is 15.6. The summed E-state index contributed by atoms with van der Waals surface area (Å²) in [6.07, 6.45) is -6.39. The molecule has 0 aromatic carbocycles. The molecule has 0 heterocycles. The lowest BCUT2D eigenvalue weighted by Gasteiger charge is -2.26. The van der Waals surface area contributed by atoms with Crippen LogP contribution in [0.1, 0.15) is 41.0 Å². The maximum Gasteiger partial charge on any atom is 0.425 e. The van der Waals surface area contributed by atoms with Gasteiger partial charge in [0.15, 0.2) is 6.10 Å². The van der Waals surface area contributed by atoms with Crippen LogP contribution in [0.25, 0.3) is 0 Å². The van der Waals surface area contributed by atoms with Gasteiger partial charge in [0.1, 0.15) is 0 Å². The van der Waals surface area contributed by atoms with Gasteiger partial charge in [-0.3, -0.25) is 4.79 Å². The Kier molecular flexibility index (Phi) is 5.83. The number of hydrogen-bond donors (Lipinski definition) is 0. The van der Waals surface area contributed by atoms with E-state index < -0.39 is 35.7 Å². The lowest BCUT2D eigenvalue weighted by molar-refractivity contribution is -0.226. The minimum atomic E-state index is -4.65. The molecule has 0 radical (unpaired) electrons. The number of hydrogen-bond acceptors (Lipinski definition) is 4. The highest BCUT2D eigenvalue weighted by Crippen LogP contribution is 2.25. The van der Waals surface area contributed by atoms with Crippen molar-refractivity contribution in [2.24, 2.45) is 5.92 Å². The minimum absolute atomic E-state index is 0.438. The first-order chi connectivity index (χ1) is 8.41. The van der Waals surface area contributed by atoms with Gasteiger partial charge in [0.25, 0.3) is 0 Å². The lowest BCUT2D eigenvalue weighted by atomic mass is 10.1. The largest absolute Gasteiger partial charge is 0.450 e.